The number of ether oxygens (including phenoxy) is 1. The fourth-order valence-corrected chi connectivity index (χ4v) is 6.94. The van der Waals surface area contributed by atoms with Crippen LogP contribution in [0.1, 0.15) is 73.4 Å². The molecular formula is C33H48N2O3S2. The Labute approximate surface area is 250 Å². The second-order valence-electron chi connectivity index (χ2n) is 10.9. The van der Waals surface area contributed by atoms with Gasteiger partial charge in [0.1, 0.15) is 6.04 Å². The van der Waals surface area contributed by atoms with Crippen molar-refractivity contribution in [3.63, 3.8) is 0 Å². The number of carbonyl (C=O) groups excluding carboxylic acids is 2. The minimum Gasteiger partial charge on any atom is -0.467 e. The third-order valence-corrected chi connectivity index (χ3v) is 9.76. The van der Waals surface area contributed by atoms with Gasteiger partial charge < -0.3 is 15.0 Å². The summed E-state index contributed by atoms with van der Waals surface area (Å²) in [5.74, 6) is 3.32. The molecule has 0 spiro atoms. The average Bonchev–Trinajstić information content (AvgIpc) is 2.98. The number of aryl methyl sites for hydroxylation is 1. The number of nitrogens with zero attached hydrogens (tertiary/aromatic N) is 1. The lowest BCUT2D eigenvalue weighted by atomic mass is 9.85. The number of rotatable bonds is 15. The van der Waals surface area contributed by atoms with Crippen LogP contribution in [0.2, 0.25) is 0 Å². The van der Waals surface area contributed by atoms with E-state index in [4.69, 9.17) is 4.74 Å². The molecule has 5 nitrogen and oxygen atoms in total. The van der Waals surface area contributed by atoms with Gasteiger partial charge in [-0.1, -0.05) is 69.4 Å². The smallest absolute Gasteiger partial charge is 0.328 e. The van der Waals surface area contributed by atoms with Gasteiger partial charge in [-0.3, -0.25) is 4.79 Å². The Morgan fingerprint density at radius 1 is 1.10 bits per heavy atom. The van der Waals surface area contributed by atoms with Gasteiger partial charge in [-0.25, -0.2) is 4.79 Å². The molecule has 0 aliphatic heterocycles. The van der Waals surface area contributed by atoms with Crippen LogP contribution in [-0.4, -0.2) is 66.5 Å². The van der Waals surface area contributed by atoms with Gasteiger partial charge in [-0.15, -0.1) is 0 Å². The predicted octanol–water partition coefficient (Wildman–Crippen LogP) is 7.21. The van der Waals surface area contributed by atoms with E-state index in [0.717, 1.165) is 46.4 Å². The first kappa shape index (κ1) is 32.6. The van der Waals surface area contributed by atoms with Crippen molar-refractivity contribution in [3.8, 4) is 11.1 Å². The highest BCUT2D eigenvalue weighted by Crippen LogP contribution is 2.31. The lowest BCUT2D eigenvalue weighted by Crippen LogP contribution is -2.43. The van der Waals surface area contributed by atoms with Crippen LogP contribution in [0.5, 0.6) is 0 Å². The molecule has 1 aliphatic rings. The molecule has 0 aromatic heterocycles. The van der Waals surface area contributed by atoms with E-state index in [1.54, 1.807) is 23.7 Å². The third-order valence-electron chi connectivity index (χ3n) is 8.07. The summed E-state index contributed by atoms with van der Waals surface area (Å²) in [5, 5.41) is 3.87. The maximum absolute atomic E-state index is 13.9. The molecule has 1 aliphatic carbocycles. The van der Waals surface area contributed by atoms with Crippen LogP contribution in [0.3, 0.4) is 0 Å². The van der Waals surface area contributed by atoms with Gasteiger partial charge in [-0.2, -0.15) is 23.5 Å². The van der Waals surface area contributed by atoms with Crippen LogP contribution in [-0.2, 0) is 16.1 Å². The Balaban J connectivity index is 1.87. The second-order valence-corrected chi connectivity index (χ2v) is 13.2. The molecule has 2 atom stereocenters. The van der Waals surface area contributed by atoms with Crippen molar-refractivity contribution in [2.75, 3.05) is 37.7 Å². The number of carbonyl (C=O) groups is 2. The Kier molecular flexibility index (Phi) is 13.9. The number of esters is 1. The fraction of sp³-hybridized carbons (Fsp3) is 0.576. The summed E-state index contributed by atoms with van der Waals surface area (Å²) in [7, 11) is 3.09. The Bertz CT molecular complexity index is 1090. The minimum absolute atomic E-state index is 0.163. The summed E-state index contributed by atoms with van der Waals surface area (Å²) >= 11 is 3.67. The topological polar surface area (TPSA) is 58.6 Å². The molecule has 0 saturated heterocycles. The van der Waals surface area contributed by atoms with Crippen LogP contribution >= 0.6 is 23.5 Å². The number of nitrogens with one attached hydrogen (secondary N) is 1. The zero-order chi connectivity index (χ0) is 28.9. The van der Waals surface area contributed by atoms with Crippen molar-refractivity contribution >= 4 is 35.4 Å². The Morgan fingerprint density at radius 3 is 2.52 bits per heavy atom. The van der Waals surface area contributed by atoms with E-state index in [1.807, 2.05) is 36.2 Å². The van der Waals surface area contributed by atoms with Gasteiger partial charge in [0.05, 0.1) is 7.11 Å². The molecule has 220 valence electrons. The average molecular weight is 585 g/mol. The van der Waals surface area contributed by atoms with E-state index in [2.05, 4.69) is 43.4 Å². The molecule has 1 saturated carbocycles. The van der Waals surface area contributed by atoms with Gasteiger partial charge in [0.25, 0.3) is 5.91 Å². The van der Waals surface area contributed by atoms with E-state index in [0.29, 0.717) is 18.0 Å². The van der Waals surface area contributed by atoms with Crippen LogP contribution in [0.25, 0.3) is 11.1 Å². The quantitative estimate of drug-likeness (QED) is 0.223. The summed E-state index contributed by atoms with van der Waals surface area (Å²) < 4.78 is 5.05. The molecule has 1 unspecified atom stereocenters. The minimum atomic E-state index is -0.618. The highest BCUT2D eigenvalue weighted by atomic mass is 32.2. The molecule has 2 aromatic rings. The third kappa shape index (κ3) is 9.28. The summed E-state index contributed by atoms with van der Waals surface area (Å²) in [6, 6.07) is 14.2. The summed E-state index contributed by atoms with van der Waals surface area (Å²) in [6.07, 6.45) is 10.6. The van der Waals surface area contributed by atoms with Crippen molar-refractivity contribution < 1.29 is 14.3 Å². The zero-order valence-electron chi connectivity index (χ0n) is 25.0. The molecule has 1 amide bonds. The molecule has 40 heavy (non-hydrogen) atoms. The van der Waals surface area contributed by atoms with E-state index in [1.165, 1.54) is 51.2 Å². The zero-order valence-corrected chi connectivity index (χ0v) is 26.7. The molecule has 1 N–H and O–H groups in total. The monoisotopic (exact) mass is 584 g/mol. The van der Waals surface area contributed by atoms with Crippen molar-refractivity contribution in [2.24, 2.45) is 5.92 Å². The highest BCUT2D eigenvalue weighted by molar-refractivity contribution is 7.99. The Morgan fingerprint density at radius 2 is 1.85 bits per heavy atom. The van der Waals surface area contributed by atoms with Gasteiger partial charge in [-0.05, 0) is 77.8 Å². The summed E-state index contributed by atoms with van der Waals surface area (Å²) in [4.78, 5) is 28.0. The normalized spacial score (nSPS) is 15.4. The van der Waals surface area contributed by atoms with Gasteiger partial charge in [0.2, 0.25) is 0 Å². The van der Waals surface area contributed by atoms with E-state index < -0.39 is 6.04 Å². The highest BCUT2D eigenvalue weighted by Gasteiger charge is 2.29. The van der Waals surface area contributed by atoms with E-state index in [-0.39, 0.29) is 11.9 Å². The fourth-order valence-electron chi connectivity index (χ4n) is 5.71. The number of likely N-dealkylation sites (N-methyl/N-ethyl adjacent to an activating group) is 1. The first-order chi connectivity index (χ1) is 19.4. The van der Waals surface area contributed by atoms with Crippen molar-refractivity contribution in [1.29, 1.82) is 0 Å². The van der Waals surface area contributed by atoms with E-state index >= 15 is 0 Å². The first-order valence-electron chi connectivity index (χ1n) is 14.7. The number of thioether (sulfide) groups is 2. The molecule has 1 fully saturated rings. The largest absolute Gasteiger partial charge is 0.467 e. The van der Waals surface area contributed by atoms with Crippen molar-refractivity contribution in [1.82, 2.24) is 10.2 Å². The second kappa shape index (κ2) is 17.1. The Hall–Kier alpha value is -1.96. The van der Waals surface area contributed by atoms with Gasteiger partial charge in [0, 0.05) is 31.0 Å². The number of methoxy groups -OCH3 is 1. The van der Waals surface area contributed by atoms with Crippen molar-refractivity contribution in [3.05, 3.63) is 59.2 Å². The summed E-state index contributed by atoms with van der Waals surface area (Å²) in [6.45, 7) is 5.08. The predicted molar refractivity (Wildman–Crippen MR) is 172 cm³/mol. The van der Waals surface area contributed by atoms with Crippen LogP contribution in [0.15, 0.2) is 42.5 Å². The van der Waals surface area contributed by atoms with Crippen LogP contribution in [0.4, 0.5) is 0 Å². The lowest BCUT2D eigenvalue weighted by molar-refractivity contribution is -0.145. The first-order valence-corrected chi connectivity index (χ1v) is 17.3. The molecule has 3 rings (SSSR count). The lowest BCUT2D eigenvalue weighted by Gasteiger charge is -2.28. The summed E-state index contributed by atoms with van der Waals surface area (Å²) in [5.41, 5.74) is 4.85. The number of amides is 1. The maximum atomic E-state index is 13.9. The SMILES string of the molecule is CCSC[C@H](CC1CCCCC1)NCc1ccc(C(=O)N(C)C(CCSC)C(=O)OC)c(-c2ccccc2C)c1. The van der Waals surface area contributed by atoms with Crippen molar-refractivity contribution in [2.45, 2.75) is 77.4 Å². The molecule has 2 aromatic carbocycles. The van der Waals surface area contributed by atoms with Gasteiger partial charge >= 0.3 is 5.97 Å². The number of benzene rings is 2. The molecule has 0 radical (unpaired) electrons. The van der Waals surface area contributed by atoms with Crippen LogP contribution in [0, 0.1) is 12.8 Å². The van der Waals surface area contributed by atoms with E-state index in [9.17, 15) is 9.59 Å². The van der Waals surface area contributed by atoms with Gasteiger partial charge in [0.15, 0.2) is 0 Å². The molecule has 7 heteroatoms. The standard InChI is InChI=1S/C33H48N2O3S2/c1-6-40-23-27(20-25-13-8-7-9-14-25)34-22-26-16-17-29(30(21-26)28-15-11-10-12-24(28)2)32(36)35(3)31(18-19-39-5)33(37)38-4/h10-12,15-17,21,25,27,31,34H,6-9,13-14,18-20,22-23H2,1-5H3/t27-,31?/m0/s1. The molecule has 0 bridgehead atoms. The molecular weight excluding hydrogens is 537 g/mol. The molecule has 0 heterocycles. The van der Waals surface area contributed by atoms with Crippen LogP contribution < -0.4 is 5.32 Å². The number of hydrogen-bond donors (Lipinski definition) is 1. The number of hydrogen-bond acceptors (Lipinski definition) is 6. The maximum Gasteiger partial charge on any atom is 0.328 e.